The number of carboxylic acid groups (broad SMARTS) is 2. The lowest BCUT2D eigenvalue weighted by atomic mass is 10.0. The van der Waals surface area contributed by atoms with Crippen LogP contribution in [0.1, 0.15) is 57.8 Å². The molecule has 0 unspecified atom stereocenters. The van der Waals surface area contributed by atoms with Gasteiger partial charge in [-0.15, -0.1) is 0 Å². The molecule has 0 radical (unpaired) electrons. The number of aromatic carboxylic acids is 2. The monoisotopic (exact) mass is 409 g/mol. The lowest BCUT2D eigenvalue weighted by Gasteiger charge is -2.21. The summed E-state index contributed by atoms with van der Waals surface area (Å²) in [6, 6.07) is 22.7. The summed E-state index contributed by atoms with van der Waals surface area (Å²) in [5.74, 6) is -2.61. The predicted molar refractivity (Wildman–Crippen MR) is 113 cm³/mol. The molecule has 3 aromatic rings. The van der Waals surface area contributed by atoms with Gasteiger partial charge in [0.15, 0.2) is 0 Å². The minimum absolute atomic E-state index is 0.0126. The summed E-state index contributed by atoms with van der Waals surface area (Å²) in [7, 11) is 0. The summed E-state index contributed by atoms with van der Waals surface area (Å²) in [6.45, 7) is 4.07. The zero-order valence-corrected chi connectivity index (χ0v) is 16.7. The van der Waals surface area contributed by atoms with Gasteiger partial charge in [0, 0.05) is 17.6 Å². The minimum atomic E-state index is -1.23. The predicted octanol–water partition coefficient (Wildman–Crippen LogP) is 5.32. The van der Waals surface area contributed by atoms with Gasteiger partial charge in [-0.2, -0.15) is 0 Å². The molecule has 0 amide bonds. The van der Waals surface area contributed by atoms with Gasteiger partial charge in [-0.05, 0) is 37.6 Å². The van der Waals surface area contributed by atoms with Crippen LogP contribution in [-0.4, -0.2) is 22.2 Å². The summed E-state index contributed by atoms with van der Waals surface area (Å²) in [5.41, 5.74) is 1.54. The van der Waals surface area contributed by atoms with Gasteiger partial charge in [-0.1, -0.05) is 60.7 Å². The van der Waals surface area contributed by atoms with E-state index in [-0.39, 0.29) is 29.0 Å². The Morgan fingerprint density at radius 1 is 0.733 bits per heavy atom. The van der Waals surface area contributed by atoms with Crippen LogP contribution in [0.4, 0.5) is 4.39 Å². The lowest BCUT2D eigenvalue weighted by molar-refractivity contribution is 0.0651. The van der Waals surface area contributed by atoms with E-state index in [4.69, 9.17) is 10.2 Å². The highest BCUT2D eigenvalue weighted by molar-refractivity contribution is 6.01. The molecule has 0 aliphatic heterocycles. The second kappa shape index (κ2) is 10.9. The largest absolute Gasteiger partial charge is 0.478 e. The molecule has 6 heteroatoms. The van der Waals surface area contributed by atoms with Gasteiger partial charge in [0.2, 0.25) is 0 Å². The van der Waals surface area contributed by atoms with Crippen LogP contribution in [0.3, 0.4) is 0 Å². The number of halogens is 1. The van der Waals surface area contributed by atoms with Crippen molar-refractivity contribution in [1.29, 1.82) is 0 Å². The summed E-state index contributed by atoms with van der Waals surface area (Å²) in [4.78, 5) is 20.9. The van der Waals surface area contributed by atoms with Crippen molar-refractivity contribution >= 4 is 11.9 Å². The van der Waals surface area contributed by atoms with Crippen LogP contribution in [-0.2, 0) is 0 Å². The summed E-state index contributed by atoms with van der Waals surface area (Å²) < 4.78 is 13.7. The van der Waals surface area contributed by atoms with Crippen LogP contribution in [0.15, 0.2) is 78.9 Å². The number of hydrogen-bond donors (Lipinski definition) is 3. The van der Waals surface area contributed by atoms with Crippen LogP contribution in [0.2, 0.25) is 0 Å². The van der Waals surface area contributed by atoms with Gasteiger partial charge in [0.25, 0.3) is 0 Å². The van der Waals surface area contributed by atoms with E-state index < -0.39 is 11.9 Å². The lowest BCUT2D eigenvalue weighted by Crippen LogP contribution is -2.23. The average Bonchev–Trinajstić information content (AvgIpc) is 2.75. The second-order valence-electron chi connectivity index (χ2n) is 6.70. The molecule has 0 saturated carbocycles. The van der Waals surface area contributed by atoms with Crippen LogP contribution < -0.4 is 5.32 Å². The van der Waals surface area contributed by atoms with Gasteiger partial charge in [0.05, 0.1) is 11.1 Å². The average molecular weight is 409 g/mol. The maximum Gasteiger partial charge on any atom is 0.336 e. The van der Waals surface area contributed by atoms with Gasteiger partial charge in [0.1, 0.15) is 5.82 Å². The standard InChI is InChI=1S/C16H18FN.C8H6O4/c1-12(14-8-4-3-5-9-14)18-13(2)15-10-6-7-11-16(15)17;9-7(10)5-3-1-2-4-6(5)8(11)12/h3-13,18H,1-2H3;1-4H,(H,9,10)(H,11,12)/t12-,13-;/m1./s1. The molecule has 0 heterocycles. The Kier molecular flexibility index (Phi) is 8.26. The number of hydrogen-bond acceptors (Lipinski definition) is 3. The molecule has 0 saturated heterocycles. The summed E-state index contributed by atoms with van der Waals surface area (Å²) in [5, 5.41) is 20.5. The van der Waals surface area contributed by atoms with Crippen molar-refractivity contribution in [2.45, 2.75) is 25.9 Å². The molecule has 5 nitrogen and oxygen atoms in total. The molecule has 3 N–H and O–H groups in total. The third-order valence-electron chi connectivity index (χ3n) is 4.56. The fourth-order valence-corrected chi connectivity index (χ4v) is 2.99. The van der Waals surface area contributed by atoms with E-state index in [2.05, 4.69) is 24.4 Å². The number of carboxylic acids is 2. The summed E-state index contributed by atoms with van der Waals surface area (Å²) >= 11 is 0. The first-order valence-electron chi connectivity index (χ1n) is 9.42. The quantitative estimate of drug-likeness (QED) is 0.513. The Bertz CT molecular complexity index is 958. The number of benzene rings is 3. The van der Waals surface area contributed by atoms with Crippen LogP contribution in [0.5, 0.6) is 0 Å². The number of rotatable bonds is 6. The molecular weight excluding hydrogens is 385 g/mol. The molecule has 3 aromatic carbocycles. The van der Waals surface area contributed by atoms with Gasteiger partial charge < -0.3 is 15.5 Å². The highest BCUT2D eigenvalue weighted by Gasteiger charge is 2.14. The molecular formula is C24H24FNO4. The molecule has 30 heavy (non-hydrogen) atoms. The third-order valence-corrected chi connectivity index (χ3v) is 4.56. The first-order valence-corrected chi connectivity index (χ1v) is 9.42. The molecule has 2 atom stereocenters. The number of nitrogens with one attached hydrogen (secondary N) is 1. The second-order valence-corrected chi connectivity index (χ2v) is 6.70. The molecule has 156 valence electrons. The summed E-state index contributed by atoms with van der Waals surface area (Å²) in [6.07, 6.45) is 0. The maximum atomic E-state index is 13.7. The van der Waals surface area contributed by atoms with Crippen molar-refractivity contribution in [2.24, 2.45) is 0 Å². The van der Waals surface area contributed by atoms with Crippen molar-refractivity contribution in [3.05, 3.63) is 107 Å². The van der Waals surface area contributed by atoms with E-state index >= 15 is 0 Å². The van der Waals surface area contributed by atoms with Crippen LogP contribution in [0, 0.1) is 5.82 Å². The molecule has 0 aromatic heterocycles. The van der Waals surface area contributed by atoms with E-state index in [0.29, 0.717) is 5.56 Å². The fraction of sp³-hybridized carbons (Fsp3) is 0.167. The molecule has 0 spiro atoms. The Morgan fingerprint density at radius 2 is 1.20 bits per heavy atom. The highest BCUT2D eigenvalue weighted by Crippen LogP contribution is 2.21. The van der Waals surface area contributed by atoms with Gasteiger partial charge in [-0.25, -0.2) is 14.0 Å². The van der Waals surface area contributed by atoms with Gasteiger partial charge in [-0.3, -0.25) is 0 Å². The van der Waals surface area contributed by atoms with Crippen molar-refractivity contribution < 1.29 is 24.2 Å². The van der Waals surface area contributed by atoms with Gasteiger partial charge >= 0.3 is 11.9 Å². The Hall–Kier alpha value is -3.51. The van der Waals surface area contributed by atoms with E-state index in [1.54, 1.807) is 6.07 Å². The van der Waals surface area contributed by atoms with Crippen molar-refractivity contribution in [2.75, 3.05) is 0 Å². The third kappa shape index (κ3) is 6.25. The Labute approximate surface area is 174 Å². The van der Waals surface area contributed by atoms with Crippen molar-refractivity contribution in [3.63, 3.8) is 0 Å². The normalized spacial score (nSPS) is 12.2. The smallest absolute Gasteiger partial charge is 0.336 e. The van der Waals surface area contributed by atoms with E-state index in [0.717, 1.165) is 0 Å². The minimum Gasteiger partial charge on any atom is -0.478 e. The topological polar surface area (TPSA) is 86.6 Å². The zero-order valence-electron chi connectivity index (χ0n) is 16.7. The maximum absolute atomic E-state index is 13.7. The van der Waals surface area contributed by atoms with Crippen LogP contribution >= 0.6 is 0 Å². The molecule has 0 aliphatic rings. The van der Waals surface area contributed by atoms with Crippen molar-refractivity contribution in [1.82, 2.24) is 5.32 Å². The van der Waals surface area contributed by atoms with E-state index in [1.165, 1.54) is 35.9 Å². The number of carbonyl (C=O) groups is 2. The SMILES string of the molecule is C[C@@H](N[C@H](C)c1ccccc1F)c1ccccc1.O=C(O)c1ccccc1C(=O)O. The van der Waals surface area contributed by atoms with Crippen molar-refractivity contribution in [3.8, 4) is 0 Å². The highest BCUT2D eigenvalue weighted by atomic mass is 19.1. The Balaban J connectivity index is 0.000000232. The first kappa shape index (κ1) is 22.8. The molecule has 3 rings (SSSR count). The molecule has 0 fully saturated rings. The van der Waals surface area contributed by atoms with Crippen LogP contribution in [0.25, 0.3) is 0 Å². The molecule has 0 bridgehead atoms. The first-order chi connectivity index (χ1) is 14.3. The zero-order chi connectivity index (χ0) is 22.1. The van der Waals surface area contributed by atoms with E-state index in [1.807, 2.05) is 37.3 Å². The Morgan fingerprint density at radius 3 is 1.70 bits per heavy atom. The molecule has 0 aliphatic carbocycles. The van der Waals surface area contributed by atoms with E-state index in [9.17, 15) is 14.0 Å². The fourth-order valence-electron chi connectivity index (χ4n) is 2.99.